The summed E-state index contributed by atoms with van der Waals surface area (Å²) in [4.78, 5) is 33.8. The van der Waals surface area contributed by atoms with Gasteiger partial charge in [-0.15, -0.1) is 0 Å². The number of fused-ring (bicyclic) bond motifs is 1. The number of amides is 2. The van der Waals surface area contributed by atoms with Gasteiger partial charge in [0.05, 0.1) is 11.5 Å². The van der Waals surface area contributed by atoms with E-state index >= 15 is 0 Å². The van der Waals surface area contributed by atoms with Crippen LogP contribution in [0.25, 0.3) is 0 Å². The van der Waals surface area contributed by atoms with Crippen molar-refractivity contribution in [3.8, 4) is 0 Å². The molecule has 2 amide bonds. The van der Waals surface area contributed by atoms with Crippen molar-refractivity contribution in [3.63, 3.8) is 0 Å². The first kappa shape index (κ1) is 21.4. The van der Waals surface area contributed by atoms with Crippen LogP contribution in [0.1, 0.15) is 65.1 Å². The molecule has 5 nitrogen and oxygen atoms in total. The minimum absolute atomic E-state index is 0.0150. The standard InChI is InChI=1S/C28H29N3O2/c32-26(30-19-22-12-9-17-29-18-22)25-23-13-5-6-14-24(23)27(33)31(20-21-10-3-1-4-11-21)28(25)15-7-2-8-16-28/h1,3-6,9-14,17-18,25H,2,7-8,15-16,19-20H2,(H,30,32). The molecule has 33 heavy (non-hydrogen) atoms. The monoisotopic (exact) mass is 439 g/mol. The topological polar surface area (TPSA) is 62.3 Å². The van der Waals surface area contributed by atoms with E-state index in [0.29, 0.717) is 18.7 Å². The van der Waals surface area contributed by atoms with Gasteiger partial charge in [0, 0.05) is 31.0 Å². The zero-order valence-corrected chi connectivity index (χ0v) is 18.7. The molecule has 2 heterocycles. The van der Waals surface area contributed by atoms with Crippen LogP contribution in [0.4, 0.5) is 0 Å². The first-order valence-corrected chi connectivity index (χ1v) is 11.8. The van der Waals surface area contributed by atoms with Crippen LogP contribution >= 0.6 is 0 Å². The van der Waals surface area contributed by atoms with Crippen LogP contribution in [-0.4, -0.2) is 27.2 Å². The SMILES string of the molecule is O=C(NCc1cccnc1)C1c2ccccc2C(=O)N(Cc2ccccc2)C12CCCCC2. The minimum atomic E-state index is -0.515. The van der Waals surface area contributed by atoms with Crippen molar-refractivity contribution in [2.24, 2.45) is 0 Å². The third-order valence-electron chi connectivity index (χ3n) is 7.18. The zero-order valence-electron chi connectivity index (χ0n) is 18.7. The molecule has 1 aromatic heterocycles. The molecule has 1 atom stereocenters. The minimum Gasteiger partial charge on any atom is -0.351 e. The van der Waals surface area contributed by atoms with Crippen LogP contribution in [0, 0.1) is 0 Å². The molecule has 1 aliphatic carbocycles. The fourth-order valence-corrected chi connectivity index (χ4v) is 5.63. The summed E-state index contributed by atoms with van der Waals surface area (Å²) < 4.78 is 0. The van der Waals surface area contributed by atoms with Gasteiger partial charge in [0.15, 0.2) is 0 Å². The lowest BCUT2D eigenvalue weighted by Gasteiger charge is -2.53. The van der Waals surface area contributed by atoms with E-state index in [1.165, 1.54) is 0 Å². The molecule has 168 valence electrons. The third kappa shape index (κ3) is 4.04. The predicted molar refractivity (Wildman–Crippen MR) is 127 cm³/mol. The van der Waals surface area contributed by atoms with Gasteiger partial charge in [-0.05, 0) is 41.7 Å². The van der Waals surface area contributed by atoms with Crippen LogP contribution in [-0.2, 0) is 17.9 Å². The van der Waals surface area contributed by atoms with Gasteiger partial charge < -0.3 is 10.2 Å². The molecule has 2 aliphatic rings. The fourth-order valence-electron chi connectivity index (χ4n) is 5.63. The highest BCUT2D eigenvalue weighted by Crippen LogP contribution is 2.49. The molecule has 0 radical (unpaired) electrons. The molecule has 1 unspecified atom stereocenters. The second kappa shape index (κ2) is 9.18. The molecule has 2 aromatic carbocycles. The Kier molecular flexibility index (Phi) is 5.95. The van der Waals surface area contributed by atoms with E-state index in [4.69, 9.17) is 0 Å². The Morgan fingerprint density at radius 1 is 0.939 bits per heavy atom. The second-order valence-electron chi connectivity index (χ2n) is 9.14. The summed E-state index contributed by atoms with van der Waals surface area (Å²) in [6, 6.07) is 21.6. The van der Waals surface area contributed by atoms with Crippen LogP contribution in [0.5, 0.6) is 0 Å². The van der Waals surface area contributed by atoms with Gasteiger partial charge in [-0.3, -0.25) is 14.6 Å². The van der Waals surface area contributed by atoms with Gasteiger partial charge in [0.2, 0.25) is 5.91 Å². The van der Waals surface area contributed by atoms with Crippen LogP contribution in [0.15, 0.2) is 79.1 Å². The summed E-state index contributed by atoms with van der Waals surface area (Å²) in [6.45, 7) is 0.939. The lowest BCUT2D eigenvalue weighted by atomic mass is 9.65. The average Bonchev–Trinajstić information content (AvgIpc) is 2.87. The highest BCUT2D eigenvalue weighted by atomic mass is 16.2. The molecule has 0 bridgehead atoms. The number of benzene rings is 2. The maximum atomic E-state index is 13.8. The molecule has 1 spiro atoms. The van der Waals surface area contributed by atoms with Crippen molar-refractivity contribution in [2.75, 3.05) is 0 Å². The smallest absolute Gasteiger partial charge is 0.254 e. The molecule has 3 aromatic rings. The Morgan fingerprint density at radius 2 is 1.67 bits per heavy atom. The van der Waals surface area contributed by atoms with E-state index in [2.05, 4.69) is 22.4 Å². The molecule has 1 fully saturated rings. The van der Waals surface area contributed by atoms with Crippen LogP contribution in [0.2, 0.25) is 0 Å². The highest BCUT2D eigenvalue weighted by Gasteiger charge is 2.54. The van der Waals surface area contributed by atoms with E-state index in [1.54, 1.807) is 12.4 Å². The van der Waals surface area contributed by atoms with Gasteiger partial charge in [0.25, 0.3) is 5.91 Å². The molecule has 1 N–H and O–H groups in total. The maximum Gasteiger partial charge on any atom is 0.254 e. The van der Waals surface area contributed by atoms with E-state index in [-0.39, 0.29) is 11.8 Å². The quantitative estimate of drug-likeness (QED) is 0.619. The highest BCUT2D eigenvalue weighted by molar-refractivity contribution is 6.02. The molecule has 5 heteroatoms. The normalized spacial score (nSPS) is 19.2. The Morgan fingerprint density at radius 3 is 2.42 bits per heavy atom. The van der Waals surface area contributed by atoms with Gasteiger partial charge in [-0.1, -0.05) is 73.9 Å². The number of aromatic nitrogens is 1. The predicted octanol–water partition coefficient (Wildman–Crippen LogP) is 4.84. The molecule has 1 saturated carbocycles. The van der Waals surface area contributed by atoms with Crippen molar-refractivity contribution < 1.29 is 9.59 Å². The lowest BCUT2D eigenvalue weighted by molar-refractivity contribution is -0.127. The van der Waals surface area contributed by atoms with Gasteiger partial charge in [0.1, 0.15) is 0 Å². The Labute approximate surface area is 194 Å². The number of nitrogens with one attached hydrogen (secondary N) is 1. The maximum absolute atomic E-state index is 13.8. The van der Waals surface area contributed by atoms with Gasteiger partial charge >= 0.3 is 0 Å². The number of rotatable bonds is 5. The van der Waals surface area contributed by atoms with Crippen molar-refractivity contribution >= 4 is 11.8 Å². The first-order chi connectivity index (χ1) is 16.2. The van der Waals surface area contributed by atoms with Crippen molar-refractivity contribution in [1.29, 1.82) is 0 Å². The second-order valence-corrected chi connectivity index (χ2v) is 9.14. The number of nitrogens with zero attached hydrogens (tertiary/aromatic N) is 2. The summed E-state index contributed by atoms with van der Waals surface area (Å²) in [6.07, 6.45) is 8.36. The molecule has 0 saturated heterocycles. The number of carbonyl (C=O) groups excluding carboxylic acids is 2. The molecular weight excluding hydrogens is 410 g/mol. The number of hydrogen-bond donors (Lipinski definition) is 1. The van der Waals surface area contributed by atoms with E-state index < -0.39 is 11.5 Å². The number of carbonyl (C=O) groups is 2. The Bertz CT molecular complexity index is 1120. The number of pyridine rings is 1. The van der Waals surface area contributed by atoms with Gasteiger partial charge in [-0.25, -0.2) is 0 Å². The average molecular weight is 440 g/mol. The van der Waals surface area contributed by atoms with Crippen molar-refractivity contribution in [3.05, 3.63) is 101 Å². The van der Waals surface area contributed by atoms with Crippen molar-refractivity contribution in [1.82, 2.24) is 15.2 Å². The van der Waals surface area contributed by atoms with Crippen molar-refractivity contribution in [2.45, 2.75) is 56.7 Å². The summed E-state index contributed by atoms with van der Waals surface area (Å²) in [7, 11) is 0. The fraction of sp³-hybridized carbons (Fsp3) is 0.321. The molecule has 1 aliphatic heterocycles. The van der Waals surface area contributed by atoms with E-state index in [1.807, 2.05) is 59.5 Å². The zero-order chi connectivity index (χ0) is 22.7. The number of hydrogen-bond acceptors (Lipinski definition) is 3. The van der Waals surface area contributed by atoms with Crippen LogP contribution in [0.3, 0.4) is 0 Å². The largest absolute Gasteiger partial charge is 0.351 e. The van der Waals surface area contributed by atoms with Gasteiger partial charge in [-0.2, -0.15) is 0 Å². The van der Waals surface area contributed by atoms with Crippen LogP contribution < -0.4 is 5.32 Å². The summed E-state index contributed by atoms with van der Waals surface area (Å²) in [5.41, 5.74) is 3.04. The Hall–Kier alpha value is -3.47. The summed E-state index contributed by atoms with van der Waals surface area (Å²) in [5, 5.41) is 3.16. The van der Waals surface area contributed by atoms with E-state index in [0.717, 1.165) is 48.8 Å². The first-order valence-electron chi connectivity index (χ1n) is 11.8. The lowest BCUT2D eigenvalue weighted by Crippen LogP contribution is -2.62. The summed E-state index contributed by atoms with van der Waals surface area (Å²) >= 11 is 0. The third-order valence-corrected chi connectivity index (χ3v) is 7.18. The van der Waals surface area contributed by atoms with E-state index in [9.17, 15) is 9.59 Å². The Balaban J connectivity index is 1.56. The molecule has 5 rings (SSSR count). The summed E-state index contributed by atoms with van der Waals surface area (Å²) in [5.74, 6) is -0.376. The molecular formula is C28H29N3O2.